The molecule has 3 unspecified atom stereocenters. The van der Waals surface area contributed by atoms with Gasteiger partial charge in [-0.3, -0.25) is 23.4 Å². The fourth-order valence-corrected chi connectivity index (χ4v) is 8.37. The number of allylic oxidation sites excluding steroid dienone is 16. The quantitative estimate of drug-likeness (QED) is 0.0197. The van der Waals surface area contributed by atoms with Gasteiger partial charge in [0.2, 0.25) is 0 Å². The summed E-state index contributed by atoms with van der Waals surface area (Å²) < 4.78 is 39.5. The summed E-state index contributed by atoms with van der Waals surface area (Å²) in [5.74, 6) is -1.52. The van der Waals surface area contributed by atoms with Crippen LogP contribution in [0.15, 0.2) is 97.2 Å². The maximum absolute atomic E-state index is 12.9. The van der Waals surface area contributed by atoms with Gasteiger partial charge in [-0.2, -0.15) is 0 Å². The Balaban J connectivity index is 4.79. The zero-order valence-corrected chi connectivity index (χ0v) is 47.7. The molecule has 2 N–H and O–H groups in total. The van der Waals surface area contributed by atoms with Crippen molar-refractivity contribution in [3.8, 4) is 0 Å². The van der Waals surface area contributed by atoms with Crippen molar-refractivity contribution in [2.75, 3.05) is 26.4 Å². The molecule has 0 aromatic carbocycles. The van der Waals surface area contributed by atoms with Crippen LogP contribution < -0.4 is 0 Å². The Labute approximate surface area is 451 Å². The van der Waals surface area contributed by atoms with Crippen LogP contribution in [0.1, 0.15) is 239 Å². The number of hydrogen-bond acceptors (Lipinski definition) is 10. The number of unbranched alkanes of at least 4 members (excludes halogenated alkanes) is 20. The van der Waals surface area contributed by atoms with Crippen LogP contribution in [0.3, 0.4) is 0 Å². The first kappa shape index (κ1) is 70.4. The molecule has 0 saturated carbocycles. The third kappa shape index (κ3) is 53.2. The number of hydrogen-bond donors (Lipinski definition) is 2. The molecule has 0 aromatic heterocycles. The lowest BCUT2D eigenvalue weighted by atomic mass is 10.1. The monoisotopic (exact) mass is 1060 g/mol. The van der Waals surface area contributed by atoms with Gasteiger partial charge in [-0.05, 0) is 116 Å². The van der Waals surface area contributed by atoms with E-state index in [4.69, 9.17) is 23.3 Å². The zero-order valence-electron chi connectivity index (χ0n) is 46.8. The van der Waals surface area contributed by atoms with Gasteiger partial charge in [0.25, 0.3) is 0 Å². The largest absolute Gasteiger partial charge is 0.472 e. The molecule has 0 saturated heterocycles. The number of esters is 3. The van der Waals surface area contributed by atoms with E-state index in [1.54, 1.807) is 0 Å². The van der Waals surface area contributed by atoms with E-state index in [2.05, 4.69) is 118 Å². The molecule has 0 aliphatic carbocycles. The molecule has 11 nitrogen and oxygen atoms in total. The molecule has 12 heteroatoms. The normalized spacial score (nSPS) is 14.1. The first-order chi connectivity index (χ1) is 36.2. The standard InChI is InChI=1S/C62H105O11P/c1-4-7-10-13-16-19-22-25-27-29-31-34-36-39-42-45-48-51-60(64)69-55-59(73-62(66)53-50-47-44-41-38-35-32-30-28-26-23-20-17-14-11-8-5-2)57-71-74(67,68)70-56-58(54-63)72-61(65)52-49-46-43-40-37-33-24-21-18-15-12-9-6-3/h8-9,11-12,16-21,25-28,33,37,58-59,63H,4-7,10,13-15,22-24,29-32,34-36,38-57H2,1-3H3,(H,67,68)/b11-8-,12-9-,19-16-,20-17-,21-18-,27-25-,28-26-,37-33-. The summed E-state index contributed by atoms with van der Waals surface area (Å²) in [5.41, 5.74) is 0. The molecule has 0 radical (unpaired) electrons. The number of carbonyl (C=O) groups excluding carboxylic acids is 3. The lowest BCUT2D eigenvalue weighted by molar-refractivity contribution is -0.161. The number of carbonyl (C=O) groups is 3. The Hall–Kier alpha value is -3.60. The molecule has 74 heavy (non-hydrogen) atoms. The third-order valence-corrected chi connectivity index (χ3v) is 12.9. The Morgan fingerprint density at radius 2 is 0.703 bits per heavy atom. The van der Waals surface area contributed by atoms with E-state index < -0.39 is 57.8 Å². The highest BCUT2D eigenvalue weighted by Crippen LogP contribution is 2.43. The molecule has 424 valence electrons. The van der Waals surface area contributed by atoms with Crippen molar-refractivity contribution < 1.29 is 52.2 Å². The summed E-state index contributed by atoms with van der Waals surface area (Å²) in [6.45, 7) is 4.34. The molecule has 0 aliphatic heterocycles. The Kier molecular flexibility index (Phi) is 52.9. The zero-order chi connectivity index (χ0) is 54.1. The van der Waals surface area contributed by atoms with E-state index in [-0.39, 0.29) is 25.9 Å². The van der Waals surface area contributed by atoms with Gasteiger partial charge in [0, 0.05) is 19.3 Å². The molecular weight excluding hydrogens is 952 g/mol. The van der Waals surface area contributed by atoms with Crippen LogP contribution in [-0.4, -0.2) is 66.5 Å². The predicted octanol–water partition coefficient (Wildman–Crippen LogP) is 17.3. The minimum absolute atomic E-state index is 0.137. The van der Waals surface area contributed by atoms with Crippen molar-refractivity contribution in [3.63, 3.8) is 0 Å². The van der Waals surface area contributed by atoms with Crippen LogP contribution in [0.25, 0.3) is 0 Å². The molecule has 0 aliphatic rings. The minimum atomic E-state index is -4.76. The highest BCUT2D eigenvalue weighted by molar-refractivity contribution is 7.47. The average molecular weight is 1060 g/mol. The van der Waals surface area contributed by atoms with Gasteiger partial charge in [-0.25, -0.2) is 4.57 Å². The second kappa shape index (κ2) is 55.6. The Morgan fingerprint density at radius 1 is 0.392 bits per heavy atom. The van der Waals surface area contributed by atoms with Crippen LogP contribution in [0.4, 0.5) is 0 Å². The lowest BCUT2D eigenvalue weighted by Crippen LogP contribution is -2.30. The van der Waals surface area contributed by atoms with Gasteiger partial charge in [-0.1, -0.05) is 201 Å². The summed E-state index contributed by atoms with van der Waals surface area (Å²) in [6, 6.07) is 0. The summed E-state index contributed by atoms with van der Waals surface area (Å²) >= 11 is 0. The van der Waals surface area contributed by atoms with Crippen LogP contribution in [0, 0.1) is 0 Å². The highest BCUT2D eigenvalue weighted by Gasteiger charge is 2.28. The fraction of sp³-hybridized carbons (Fsp3) is 0.694. The predicted molar refractivity (Wildman–Crippen MR) is 307 cm³/mol. The summed E-state index contributed by atoms with van der Waals surface area (Å²) in [6.07, 6.45) is 65.1. The Morgan fingerprint density at radius 3 is 1.09 bits per heavy atom. The second-order valence-corrected chi connectivity index (χ2v) is 20.5. The van der Waals surface area contributed by atoms with Gasteiger partial charge in [-0.15, -0.1) is 0 Å². The van der Waals surface area contributed by atoms with Crippen LogP contribution in [0.2, 0.25) is 0 Å². The highest BCUT2D eigenvalue weighted by atomic mass is 31.2. The Bertz CT molecular complexity index is 1610. The number of ether oxygens (including phenoxy) is 3. The summed E-state index contributed by atoms with van der Waals surface area (Å²) in [7, 11) is -4.76. The van der Waals surface area contributed by atoms with E-state index in [9.17, 15) is 28.9 Å². The molecule has 0 amide bonds. The summed E-state index contributed by atoms with van der Waals surface area (Å²) in [5, 5.41) is 9.80. The molecule has 0 aromatic rings. The van der Waals surface area contributed by atoms with Gasteiger partial charge in [0.1, 0.15) is 12.7 Å². The van der Waals surface area contributed by atoms with Crippen LogP contribution in [0.5, 0.6) is 0 Å². The molecule has 0 fully saturated rings. The number of aliphatic hydroxyl groups is 1. The first-order valence-corrected chi connectivity index (χ1v) is 30.6. The van der Waals surface area contributed by atoms with Crippen molar-refractivity contribution in [1.82, 2.24) is 0 Å². The first-order valence-electron chi connectivity index (χ1n) is 29.1. The smallest absolute Gasteiger partial charge is 0.462 e. The second-order valence-electron chi connectivity index (χ2n) is 19.0. The van der Waals surface area contributed by atoms with Crippen molar-refractivity contribution in [2.24, 2.45) is 0 Å². The van der Waals surface area contributed by atoms with Gasteiger partial charge < -0.3 is 24.2 Å². The number of rotatable bonds is 53. The topological polar surface area (TPSA) is 155 Å². The van der Waals surface area contributed by atoms with Crippen LogP contribution >= 0.6 is 7.82 Å². The van der Waals surface area contributed by atoms with E-state index in [1.165, 1.54) is 44.9 Å². The van der Waals surface area contributed by atoms with Crippen molar-refractivity contribution in [3.05, 3.63) is 97.2 Å². The number of phosphoric acid groups is 1. The van der Waals surface area contributed by atoms with Gasteiger partial charge >= 0.3 is 25.7 Å². The average Bonchev–Trinajstić information content (AvgIpc) is 3.39. The molecule has 0 bridgehead atoms. The van der Waals surface area contributed by atoms with Crippen molar-refractivity contribution >= 4 is 25.7 Å². The number of phosphoric ester groups is 1. The lowest BCUT2D eigenvalue weighted by Gasteiger charge is -2.21. The van der Waals surface area contributed by atoms with Gasteiger partial charge in [0.15, 0.2) is 6.10 Å². The van der Waals surface area contributed by atoms with E-state index in [0.717, 1.165) is 135 Å². The fourth-order valence-electron chi connectivity index (χ4n) is 7.59. The van der Waals surface area contributed by atoms with Crippen molar-refractivity contribution in [2.45, 2.75) is 251 Å². The van der Waals surface area contributed by atoms with Crippen LogP contribution in [-0.2, 0) is 42.2 Å². The molecule has 0 spiro atoms. The maximum Gasteiger partial charge on any atom is 0.472 e. The maximum atomic E-state index is 12.9. The van der Waals surface area contributed by atoms with E-state index in [1.807, 2.05) is 0 Å². The third-order valence-electron chi connectivity index (χ3n) is 12.0. The minimum Gasteiger partial charge on any atom is -0.462 e. The SMILES string of the molecule is CC/C=C\C/C=C\C/C=C\CCCCCCCCCC(=O)OC(COC(=O)CCCCCCCCC/C=C\C/C=C\CCCCC)COP(=O)(O)OCC(CO)OC(=O)CCCCC/C=C\C/C=C\C/C=C\CC. The van der Waals surface area contributed by atoms with Gasteiger partial charge in [0.05, 0.1) is 19.8 Å². The molecular formula is C62H105O11P. The van der Waals surface area contributed by atoms with Crippen molar-refractivity contribution in [1.29, 1.82) is 0 Å². The number of aliphatic hydroxyl groups excluding tert-OH is 1. The molecule has 0 rings (SSSR count). The van der Waals surface area contributed by atoms with E-state index >= 15 is 0 Å². The van der Waals surface area contributed by atoms with E-state index in [0.29, 0.717) is 19.3 Å². The molecule has 3 atom stereocenters. The molecule has 0 heterocycles. The summed E-state index contributed by atoms with van der Waals surface area (Å²) in [4.78, 5) is 48.6.